The van der Waals surface area contributed by atoms with Gasteiger partial charge in [0.05, 0.1) is 22.1 Å². The summed E-state index contributed by atoms with van der Waals surface area (Å²) in [5, 5.41) is 2.45. The Labute approximate surface area is 225 Å². The number of para-hydroxylation sites is 2. The van der Waals surface area contributed by atoms with Gasteiger partial charge in [-0.05, 0) is 72.9 Å². The summed E-state index contributed by atoms with van der Waals surface area (Å²) in [4.78, 5) is 15.9. The first kappa shape index (κ1) is 25.6. The third-order valence-corrected chi connectivity index (χ3v) is 9.50. The molecule has 2 nitrogen and oxygen atoms in total. The number of hydrogen-bond donors (Lipinski definition) is 0. The van der Waals surface area contributed by atoms with Gasteiger partial charge in [0.25, 0.3) is 0 Å². The molecule has 2 aliphatic rings. The normalized spacial score (nSPS) is 13.5. The lowest BCUT2D eigenvalue weighted by atomic mass is 9.97. The second-order valence-electron chi connectivity index (χ2n) is 11.0. The van der Waals surface area contributed by atoms with E-state index in [2.05, 4.69) is 76.2 Å². The van der Waals surface area contributed by atoms with E-state index < -0.39 is 0 Å². The highest BCUT2D eigenvalue weighted by Gasteiger charge is 2.26. The number of benzene rings is 3. The first-order valence-corrected chi connectivity index (χ1v) is 15.3. The lowest BCUT2D eigenvalue weighted by Crippen LogP contribution is -2.29. The van der Waals surface area contributed by atoms with E-state index >= 15 is 0 Å². The van der Waals surface area contributed by atoms with Gasteiger partial charge in [0.2, 0.25) is 0 Å². The molecule has 0 unspecified atom stereocenters. The summed E-state index contributed by atoms with van der Waals surface area (Å²) in [5.41, 5.74) is 5.06. The van der Waals surface area contributed by atoms with Gasteiger partial charge in [-0.3, -0.25) is 0 Å². The molecule has 3 aromatic carbocycles. The molecule has 0 spiro atoms. The molecule has 0 N–H and O–H groups in total. The molecule has 0 saturated heterocycles. The highest BCUT2D eigenvalue weighted by atomic mass is 32.2. The van der Waals surface area contributed by atoms with Crippen molar-refractivity contribution in [3.63, 3.8) is 0 Å². The Hall–Kier alpha value is -2.04. The highest BCUT2D eigenvalue weighted by molar-refractivity contribution is 8.00. The molecule has 2 heterocycles. The minimum atomic E-state index is 0.754. The van der Waals surface area contributed by atoms with Crippen LogP contribution in [-0.4, -0.2) is 0 Å². The van der Waals surface area contributed by atoms with E-state index in [0.29, 0.717) is 0 Å². The molecule has 0 aliphatic carbocycles. The fourth-order valence-corrected chi connectivity index (χ4v) is 7.48. The lowest BCUT2D eigenvalue weighted by molar-refractivity contribution is 0.533. The van der Waals surface area contributed by atoms with E-state index in [-0.39, 0.29) is 0 Å². The number of nitrogens with zero attached hydrogens (tertiary/aromatic N) is 2. The Balaban J connectivity index is 1.66. The van der Waals surface area contributed by atoms with Crippen molar-refractivity contribution in [2.24, 2.45) is 21.8 Å². The minimum Gasteiger partial charge on any atom is -0.246 e. The Morgan fingerprint density at radius 3 is 1.42 bits per heavy atom. The van der Waals surface area contributed by atoms with Gasteiger partial charge in [-0.15, -0.1) is 0 Å². The van der Waals surface area contributed by atoms with Crippen molar-refractivity contribution < 1.29 is 0 Å². The quantitative estimate of drug-likeness (QED) is 0.173. The largest absolute Gasteiger partial charge is 0.246 e. The molecule has 0 amide bonds. The maximum Gasteiger partial charge on any atom is 0.0824 e. The maximum atomic E-state index is 5.33. The van der Waals surface area contributed by atoms with Crippen molar-refractivity contribution in [3.8, 4) is 0 Å². The Morgan fingerprint density at radius 2 is 1.00 bits per heavy atom. The van der Waals surface area contributed by atoms with Crippen LogP contribution in [0.5, 0.6) is 0 Å². The van der Waals surface area contributed by atoms with Crippen molar-refractivity contribution in [3.05, 3.63) is 70.4 Å². The van der Waals surface area contributed by atoms with E-state index in [0.717, 1.165) is 36.1 Å². The van der Waals surface area contributed by atoms with Crippen LogP contribution in [0.15, 0.2) is 78.1 Å². The van der Waals surface area contributed by atoms with Crippen molar-refractivity contribution >= 4 is 34.9 Å². The van der Waals surface area contributed by atoms with Crippen LogP contribution in [0.25, 0.3) is 0 Å². The molecule has 0 aromatic heterocycles. The van der Waals surface area contributed by atoms with Crippen LogP contribution in [0.1, 0.15) is 77.3 Å². The third-order valence-electron chi connectivity index (χ3n) is 7.09. The van der Waals surface area contributed by atoms with E-state index in [1.807, 2.05) is 23.5 Å². The van der Waals surface area contributed by atoms with Gasteiger partial charge >= 0.3 is 0 Å². The van der Waals surface area contributed by atoms with Crippen LogP contribution in [0, 0.1) is 11.8 Å². The Bertz CT molecular complexity index is 1250. The highest BCUT2D eigenvalue weighted by Crippen LogP contribution is 2.43. The number of rotatable bonds is 10. The molecule has 0 radical (unpaired) electrons. The van der Waals surface area contributed by atoms with Crippen LogP contribution in [0.3, 0.4) is 0 Å². The SMILES string of the molecule is CC(C)CCCCc1c2c(c(CCCCC(C)C)c3c1=Nc1ccccc1S3)=Nc1ccccc1S2. The predicted octanol–water partition coefficient (Wildman–Crippen LogP) is 9.26. The van der Waals surface area contributed by atoms with E-state index in [1.54, 1.807) is 0 Å². The van der Waals surface area contributed by atoms with Crippen LogP contribution < -0.4 is 10.7 Å². The summed E-state index contributed by atoms with van der Waals surface area (Å²) in [6.45, 7) is 9.30. The number of hydrogen-bond acceptors (Lipinski definition) is 4. The first-order valence-electron chi connectivity index (χ1n) is 13.7. The average molecular weight is 515 g/mol. The smallest absolute Gasteiger partial charge is 0.0824 e. The fraction of sp³-hybridized carbons (Fsp3) is 0.438. The fourth-order valence-electron chi connectivity index (χ4n) is 5.14. The zero-order valence-corrected chi connectivity index (χ0v) is 23.8. The lowest BCUT2D eigenvalue weighted by Gasteiger charge is -2.24. The van der Waals surface area contributed by atoms with E-state index in [1.165, 1.54) is 79.9 Å². The van der Waals surface area contributed by atoms with Crippen LogP contribution in [0.2, 0.25) is 0 Å². The minimum absolute atomic E-state index is 0.754. The van der Waals surface area contributed by atoms with Crippen LogP contribution >= 0.6 is 23.5 Å². The Morgan fingerprint density at radius 1 is 0.583 bits per heavy atom. The monoisotopic (exact) mass is 514 g/mol. The molecule has 36 heavy (non-hydrogen) atoms. The van der Waals surface area contributed by atoms with Gasteiger partial charge in [-0.2, -0.15) is 0 Å². The molecule has 5 rings (SSSR count). The van der Waals surface area contributed by atoms with Gasteiger partial charge in [-0.25, -0.2) is 9.98 Å². The number of unbranched alkanes of at least 4 members (excludes halogenated alkanes) is 2. The predicted molar refractivity (Wildman–Crippen MR) is 154 cm³/mol. The summed E-state index contributed by atoms with van der Waals surface area (Å²) in [6, 6.07) is 17.3. The van der Waals surface area contributed by atoms with Crippen molar-refractivity contribution in [2.45, 2.75) is 98.6 Å². The summed E-state index contributed by atoms with van der Waals surface area (Å²) < 4.78 is 0. The summed E-state index contributed by atoms with van der Waals surface area (Å²) in [6.07, 6.45) is 9.65. The zero-order chi connectivity index (χ0) is 25.1. The van der Waals surface area contributed by atoms with Crippen LogP contribution in [0.4, 0.5) is 11.4 Å². The third kappa shape index (κ3) is 5.60. The molecule has 2 aliphatic heterocycles. The first-order chi connectivity index (χ1) is 17.5. The van der Waals surface area contributed by atoms with Gasteiger partial charge in [-0.1, -0.05) is 101 Å². The second kappa shape index (κ2) is 11.6. The molecule has 3 aromatic rings. The van der Waals surface area contributed by atoms with Gasteiger partial charge in [0.1, 0.15) is 0 Å². The molecule has 188 valence electrons. The molecule has 0 bridgehead atoms. The topological polar surface area (TPSA) is 24.7 Å². The van der Waals surface area contributed by atoms with Crippen LogP contribution in [-0.2, 0) is 12.8 Å². The molecular formula is C32H38N2S2. The molecule has 0 atom stereocenters. The summed E-state index contributed by atoms with van der Waals surface area (Å²) in [7, 11) is 0. The maximum absolute atomic E-state index is 5.33. The van der Waals surface area contributed by atoms with Gasteiger partial charge < -0.3 is 0 Å². The summed E-state index contributed by atoms with van der Waals surface area (Å²) in [5.74, 6) is 1.51. The Kier molecular flexibility index (Phi) is 8.22. The zero-order valence-electron chi connectivity index (χ0n) is 22.1. The summed E-state index contributed by atoms with van der Waals surface area (Å²) >= 11 is 3.85. The van der Waals surface area contributed by atoms with Crippen molar-refractivity contribution in [1.29, 1.82) is 0 Å². The van der Waals surface area contributed by atoms with E-state index in [9.17, 15) is 0 Å². The number of fused-ring (bicyclic) bond motifs is 4. The average Bonchev–Trinajstić information content (AvgIpc) is 2.87. The molecule has 0 saturated carbocycles. The van der Waals surface area contributed by atoms with E-state index in [4.69, 9.17) is 9.98 Å². The second-order valence-corrected chi connectivity index (χ2v) is 13.1. The van der Waals surface area contributed by atoms with Gasteiger partial charge in [0.15, 0.2) is 0 Å². The van der Waals surface area contributed by atoms with Crippen molar-refractivity contribution in [2.75, 3.05) is 0 Å². The van der Waals surface area contributed by atoms with Crippen molar-refractivity contribution in [1.82, 2.24) is 0 Å². The molecular weight excluding hydrogens is 477 g/mol. The molecule has 4 heteroatoms. The van der Waals surface area contributed by atoms with Gasteiger partial charge in [0, 0.05) is 19.6 Å². The molecule has 0 fully saturated rings. The standard InChI is InChI=1S/C32H38N2S2/c1-21(2)13-5-7-15-23-29-32(36-28-20-12-9-17-25(28)33-29)24(16-8-6-14-22(3)4)30-31(23)35-27-19-11-10-18-26(27)34-30/h9-12,17-22H,5-8,13-16H2,1-4H3.